The molecule has 4 nitrogen and oxygen atoms in total. The van der Waals surface area contributed by atoms with Gasteiger partial charge in [-0.05, 0) is 25.9 Å². The van der Waals surface area contributed by atoms with Crippen molar-refractivity contribution in [1.29, 1.82) is 0 Å². The van der Waals surface area contributed by atoms with Gasteiger partial charge in [-0.3, -0.25) is 4.79 Å². The van der Waals surface area contributed by atoms with E-state index >= 15 is 0 Å². The molecular weight excluding hydrogens is 190 g/mol. The molecule has 2 aliphatic heterocycles. The molecule has 0 aromatic carbocycles. The summed E-state index contributed by atoms with van der Waals surface area (Å²) in [6.45, 7) is 5.32. The number of hydrogen-bond acceptors (Lipinski definition) is 3. The fraction of sp³-hybridized carbons (Fsp3) is 0.909. The van der Waals surface area contributed by atoms with Crippen LogP contribution in [-0.4, -0.2) is 54.5 Å². The lowest BCUT2D eigenvalue weighted by molar-refractivity contribution is -0.130. The van der Waals surface area contributed by atoms with Crippen LogP contribution < -0.4 is 5.73 Å². The zero-order valence-electron chi connectivity index (χ0n) is 9.06. The number of piperidine rings is 1. The zero-order chi connectivity index (χ0) is 10.4. The standard InChI is InChI=1S/C11H19N3O/c12-10-8-7-14(11(15)9(8)10)6-5-13-3-1-2-4-13/h8-10H,1-7,12H2. The molecule has 3 unspecified atom stereocenters. The Morgan fingerprint density at radius 1 is 1.27 bits per heavy atom. The Balaban J connectivity index is 1.47. The third-order valence-corrected chi connectivity index (χ3v) is 4.14. The van der Waals surface area contributed by atoms with Crippen LogP contribution in [0.1, 0.15) is 12.8 Å². The Bertz CT molecular complexity index is 275. The van der Waals surface area contributed by atoms with E-state index in [4.69, 9.17) is 5.73 Å². The molecule has 1 amide bonds. The summed E-state index contributed by atoms with van der Waals surface area (Å²) in [5, 5.41) is 0. The molecule has 2 saturated heterocycles. The van der Waals surface area contributed by atoms with E-state index in [1.165, 1.54) is 25.9 Å². The van der Waals surface area contributed by atoms with Crippen molar-refractivity contribution in [3.05, 3.63) is 0 Å². The van der Waals surface area contributed by atoms with Crippen LogP contribution in [-0.2, 0) is 4.79 Å². The highest BCUT2D eigenvalue weighted by Crippen LogP contribution is 2.44. The van der Waals surface area contributed by atoms with Gasteiger partial charge in [-0.2, -0.15) is 0 Å². The normalized spacial score (nSPS) is 39.9. The monoisotopic (exact) mass is 209 g/mol. The van der Waals surface area contributed by atoms with E-state index in [1.54, 1.807) is 0 Å². The van der Waals surface area contributed by atoms with Crippen molar-refractivity contribution in [2.24, 2.45) is 17.6 Å². The molecule has 0 aromatic rings. The summed E-state index contributed by atoms with van der Waals surface area (Å²) in [6, 6.07) is 0.181. The summed E-state index contributed by atoms with van der Waals surface area (Å²) < 4.78 is 0. The van der Waals surface area contributed by atoms with Crippen LogP contribution >= 0.6 is 0 Å². The highest BCUT2D eigenvalue weighted by atomic mass is 16.2. The number of nitrogens with zero attached hydrogens (tertiary/aromatic N) is 2. The van der Waals surface area contributed by atoms with Gasteiger partial charge >= 0.3 is 0 Å². The lowest BCUT2D eigenvalue weighted by Crippen LogP contribution is -2.38. The van der Waals surface area contributed by atoms with Gasteiger partial charge in [-0.25, -0.2) is 0 Å². The van der Waals surface area contributed by atoms with E-state index in [0.29, 0.717) is 11.8 Å². The average Bonchev–Trinajstić information content (AvgIpc) is 2.67. The number of nitrogens with two attached hydrogens (primary N) is 1. The minimum Gasteiger partial charge on any atom is -0.341 e. The second-order valence-electron chi connectivity index (χ2n) is 5.10. The van der Waals surface area contributed by atoms with E-state index < -0.39 is 0 Å². The predicted molar refractivity (Wildman–Crippen MR) is 57.2 cm³/mol. The van der Waals surface area contributed by atoms with E-state index in [9.17, 15) is 4.79 Å². The maximum absolute atomic E-state index is 11.8. The third-order valence-electron chi connectivity index (χ3n) is 4.14. The first kappa shape index (κ1) is 9.60. The Hall–Kier alpha value is -0.610. The second-order valence-corrected chi connectivity index (χ2v) is 5.10. The number of amides is 1. The lowest BCUT2D eigenvalue weighted by Gasteiger charge is -2.22. The van der Waals surface area contributed by atoms with Gasteiger partial charge in [0, 0.05) is 31.6 Å². The maximum Gasteiger partial charge on any atom is 0.227 e. The van der Waals surface area contributed by atoms with Gasteiger partial charge in [0.25, 0.3) is 0 Å². The number of likely N-dealkylation sites (tertiary alicyclic amines) is 2. The molecule has 3 atom stereocenters. The number of carbonyl (C=O) groups excluding carboxylic acids is 1. The van der Waals surface area contributed by atoms with Gasteiger partial charge in [0.15, 0.2) is 0 Å². The molecule has 3 fully saturated rings. The summed E-state index contributed by atoms with van der Waals surface area (Å²) >= 11 is 0. The molecule has 2 heterocycles. The smallest absolute Gasteiger partial charge is 0.227 e. The average molecular weight is 209 g/mol. The van der Waals surface area contributed by atoms with Gasteiger partial charge < -0.3 is 15.5 Å². The van der Waals surface area contributed by atoms with E-state index in [0.717, 1.165) is 19.6 Å². The number of hydrogen-bond donors (Lipinski definition) is 1. The fourth-order valence-corrected chi connectivity index (χ4v) is 3.01. The molecule has 0 spiro atoms. The largest absolute Gasteiger partial charge is 0.341 e. The van der Waals surface area contributed by atoms with Gasteiger partial charge in [-0.1, -0.05) is 0 Å². The van der Waals surface area contributed by atoms with Gasteiger partial charge in [0.05, 0.1) is 5.92 Å². The van der Waals surface area contributed by atoms with E-state index in [2.05, 4.69) is 4.90 Å². The van der Waals surface area contributed by atoms with Crippen molar-refractivity contribution < 1.29 is 4.79 Å². The molecule has 0 radical (unpaired) electrons. The highest BCUT2D eigenvalue weighted by molar-refractivity contribution is 5.86. The zero-order valence-corrected chi connectivity index (χ0v) is 9.06. The van der Waals surface area contributed by atoms with Crippen molar-refractivity contribution in [3.8, 4) is 0 Å². The molecule has 4 heteroatoms. The van der Waals surface area contributed by atoms with Crippen LogP contribution in [0.5, 0.6) is 0 Å². The number of carbonyl (C=O) groups is 1. The van der Waals surface area contributed by atoms with Crippen molar-refractivity contribution in [2.75, 3.05) is 32.7 Å². The van der Waals surface area contributed by atoms with Crippen molar-refractivity contribution in [3.63, 3.8) is 0 Å². The summed E-state index contributed by atoms with van der Waals surface area (Å²) in [5.41, 5.74) is 5.78. The Morgan fingerprint density at radius 2 is 2.00 bits per heavy atom. The Kier molecular flexibility index (Phi) is 2.21. The van der Waals surface area contributed by atoms with Crippen LogP contribution in [0.4, 0.5) is 0 Å². The summed E-state index contributed by atoms with van der Waals surface area (Å²) in [7, 11) is 0. The van der Waals surface area contributed by atoms with Crippen LogP contribution in [0, 0.1) is 11.8 Å². The minimum absolute atomic E-state index is 0.181. The molecule has 84 valence electrons. The highest BCUT2D eigenvalue weighted by Gasteiger charge is 2.59. The van der Waals surface area contributed by atoms with Crippen LogP contribution in [0.15, 0.2) is 0 Å². The third kappa shape index (κ3) is 1.56. The first-order valence-corrected chi connectivity index (χ1v) is 6.04. The minimum atomic E-state index is 0.181. The van der Waals surface area contributed by atoms with Gasteiger partial charge in [0.1, 0.15) is 0 Å². The molecule has 0 aromatic heterocycles. The molecule has 1 aliphatic carbocycles. The summed E-state index contributed by atoms with van der Waals surface area (Å²) in [5.74, 6) is 0.978. The molecular formula is C11H19N3O. The summed E-state index contributed by atoms with van der Waals surface area (Å²) in [6.07, 6.45) is 2.65. The van der Waals surface area contributed by atoms with Gasteiger partial charge in [-0.15, -0.1) is 0 Å². The molecule has 15 heavy (non-hydrogen) atoms. The topological polar surface area (TPSA) is 49.6 Å². The summed E-state index contributed by atoms with van der Waals surface area (Å²) in [4.78, 5) is 16.3. The quantitative estimate of drug-likeness (QED) is 0.681. The van der Waals surface area contributed by atoms with Crippen LogP contribution in [0.3, 0.4) is 0 Å². The van der Waals surface area contributed by atoms with Crippen molar-refractivity contribution in [2.45, 2.75) is 18.9 Å². The molecule has 1 saturated carbocycles. The molecule has 3 rings (SSSR count). The number of rotatable bonds is 3. The Labute approximate surface area is 90.4 Å². The first-order chi connectivity index (χ1) is 7.27. The predicted octanol–water partition coefficient (Wildman–Crippen LogP) is -0.502. The second kappa shape index (κ2) is 3.46. The van der Waals surface area contributed by atoms with Crippen molar-refractivity contribution >= 4 is 5.91 Å². The molecule has 3 aliphatic rings. The first-order valence-electron chi connectivity index (χ1n) is 6.04. The fourth-order valence-electron chi connectivity index (χ4n) is 3.01. The van der Waals surface area contributed by atoms with E-state index in [-0.39, 0.29) is 12.0 Å². The SMILES string of the molecule is NC1C2CN(CCN3CCCC3)C(=O)C12. The van der Waals surface area contributed by atoms with Gasteiger partial charge in [0.2, 0.25) is 5.91 Å². The maximum atomic E-state index is 11.8. The van der Waals surface area contributed by atoms with E-state index in [1.807, 2.05) is 4.90 Å². The van der Waals surface area contributed by atoms with Crippen LogP contribution in [0.2, 0.25) is 0 Å². The lowest BCUT2D eigenvalue weighted by atomic mass is 10.3. The molecule has 2 N–H and O–H groups in total. The van der Waals surface area contributed by atoms with Crippen LogP contribution in [0.25, 0.3) is 0 Å². The number of fused-ring (bicyclic) bond motifs is 1. The Morgan fingerprint density at radius 3 is 2.60 bits per heavy atom. The molecule has 0 bridgehead atoms. The van der Waals surface area contributed by atoms with Crippen molar-refractivity contribution in [1.82, 2.24) is 9.80 Å².